The molecule has 2 nitrogen and oxygen atoms in total. The van der Waals surface area contributed by atoms with E-state index in [1.54, 1.807) is 0 Å². The number of aliphatic hydroxyl groups excluding tert-OH is 1. The maximum absolute atomic E-state index is 11.6. The van der Waals surface area contributed by atoms with Crippen molar-refractivity contribution < 1.29 is 9.90 Å². The van der Waals surface area contributed by atoms with Crippen LogP contribution in [0.25, 0.3) is 0 Å². The summed E-state index contributed by atoms with van der Waals surface area (Å²) in [5.41, 5.74) is 0.633. The molecule has 1 aliphatic carbocycles. The molecule has 2 atom stereocenters. The second-order valence-corrected chi connectivity index (χ2v) is 4.28. The van der Waals surface area contributed by atoms with Crippen LogP contribution >= 0.6 is 0 Å². The fraction of sp³-hybridized carbons (Fsp3) is 0.727. The highest BCUT2D eigenvalue weighted by molar-refractivity contribution is 5.97. The molecule has 0 bridgehead atoms. The fourth-order valence-electron chi connectivity index (χ4n) is 2.04. The van der Waals surface area contributed by atoms with Gasteiger partial charge in [-0.25, -0.2) is 0 Å². The number of hydrogen-bond donors (Lipinski definition) is 1. The molecule has 13 heavy (non-hydrogen) atoms. The molecule has 0 aromatic rings. The lowest BCUT2D eigenvalue weighted by Crippen LogP contribution is -2.29. The van der Waals surface area contributed by atoms with E-state index in [0.717, 1.165) is 19.1 Å². The summed E-state index contributed by atoms with van der Waals surface area (Å²) >= 11 is 0. The van der Waals surface area contributed by atoms with E-state index in [-0.39, 0.29) is 17.6 Å². The Labute approximate surface area is 79.6 Å². The smallest absolute Gasteiger partial charge is 0.164 e. The van der Waals surface area contributed by atoms with Gasteiger partial charge in [0.25, 0.3) is 0 Å². The highest BCUT2D eigenvalue weighted by atomic mass is 16.2. The van der Waals surface area contributed by atoms with Crippen LogP contribution in [-0.2, 0) is 4.79 Å². The van der Waals surface area contributed by atoms with E-state index in [1.165, 1.54) is 0 Å². The summed E-state index contributed by atoms with van der Waals surface area (Å²) in [6.45, 7) is 6.12. The predicted octanol–water partition coefficient (Wildman–Crippen LogP) is 2.70. The van der Waals surface area contributed by atoms with Gasteiger partial charge in [-0.05, 0) is 24.7 Å². The number of rotatable bonds is 1. The Balaban J connectivity index is 2.85. The molecular formula is C11H18O2. The summed E-state index contributed by atoms with van der Waals surface area (Å²) < 4.78 is 0. The average molecular weight is 182 g/mol. The van der Waals surface area contributed by atoms with Gasteiger partial charge in [-0.3, -0.25) is 4.79 Å². The second-order valence-electron chi connectivity index (χ2n) is 4.28. The van der Waals surface area contributed by atoms with Crippen molar-refractivity contribution >= 4 is 5.78 Å². The molecule has 0 aromatic heterocycles. The molecule has 74 valence electrons. The van der Waals surface area contributed by atoms with Gasteiger partial charge in [0.2, 0.25) is 0 Å². The van der Waals surface area contributed by atoms with Crippen molar-refractivity contribution in [2.75, 3.05) is 0 Å². The molecule has 0 amide bonds. The third-order valence-corrected chi connectivity index (χ3v) is 2.99. The topological polar surface area (TPSA) is 37.3 Å². The molecule has 1 N–H and O–H groups in total. The van der Waals surface area contributed by atoms with Gasteiger partial charge >= 0.3 is 0 Å². The Morgan fingerprint density at radius 2 is 2.08 bits per heavy atom. The first-order valence-corrected chi connectivity index (χ1v) is 4.96. The van der Waals surface area contributed by atoms with Crippen LogP contribution in [0.1, 0.15) is 33.6 Å². The van der Waals surface area contributed by atoms with Crippen LogP contribution in [0.5, 0.6) is 0 Å². The standard InChI is InChI=1S/C11H18O2/c1-7(2)9-5-4-8(3)11(13)10(9)6-12/h6-9,12H,4-5H2,1-3H3/b10-6-/t8-,9+/m1/s1. The monoisotopic (exact) mass is 182 g/mol. The molecule has 0 unspecified atom stereocenters. The lowest BCUT2D eigenvalue weighted by molar-refractivity contribution is -0.121. The Morgan fingerprint density at radius 3 is 2.54 bits per heavy atom. The van der Waals surface area contributed by atoms with E-state index < -0.39 is 0 Å². The van der Waals surface area contributed by atoms with Crippen LogP contribution in [0, 0.1) is 17.8 Å². The third kappa shape index (κ3) is 1.93. The minimum Gasteiger partial charge on any atom is -0.515 e. The highest BCUT2D eigenvalue weighted by Gasteiger charge is 2.32. The molecule has 1 rings (SSSR count). The van der Waals surface area contributed by atoms with Gasteiger partial charge in [-0.2, -0.15) is 0 Å². The molecule has 0 aliphatic heterocycles. The Morgan fingerprint density at radius 1 is 1.46 bits per heavy atom. The molecule has 1 fully saturated rings. The van der Waals surface area contributed by atoms with E-state index >= 15 is 0 Å². The molecule has 1 aliphatic rings. The zero-order valence-corrected chi connectivity index (χ0v) is 8.58. The van der Waals surface area contributed by atoms with Crippen molar-refractivity contribution in [2.24, 2.45) is 17.8 Å². The molecule has 0 heterocycles. The molecule has 0 saturated heterocycles. The Hall–Kier alpha value is -0.790. The van der Waals surface area contributed by atoms with Crippen LogP contribution < -0.4 is 0 Å². The summed E-state index contributed by atoms with van der Waals surface area (Å²) in [7, 11) is 0. The van der Waals surface area contributed by atoms with Crippen LogP contribution in [0.3, 0.4) is 0 Å². The maximum Gasteiger partial charge on any atom is 0.164 e. The van der Waals surface area contributed by atoms with Crippen molar-refractivity contribution in [3.63, 3.8) is 0 Å². The normalized spacial score (nSPS) is 32.9. The van der Waals surface area contributed by atoms with Gasteiger partial charge in [0, 0.05) is 11.5 Å². The van der Waals surface area contributed by atoms with Crippen molar-refractivity contribution in [1.82, 2.24) is 0 Å². The van der Waals surface area contributed by atoms with Crippen LogP contribution in [-0.4, -0.2) is 10.9 Å². The minimum absolute atomic E-state index is 0.0911. The first-order chi connectivity index (χ1) is 6.07. The van der Waals surface area contributed by atoms with Crippen molar-refractivity contribution in [3.05, 3.63) is 11.8 Å². The molecule has 0 aromatic carbocycles. The summed E-state index contributed by atoms with van der Waals surface area (Å²) in [5.74, 6) is 0.921. The third-order valence-electron chi connectivity index (χ3n) is 2.99. The van der Waals surface area contributed by atoms with Crippen LogP contribution in [0.2, 0.25) is 0 Å². The molecule has 0 spiro atoms. The number of allylic oxidation sites excluding steroid dienone is 1. The first kappa shape index (κ1) is 10.3. The number of ketones is 1. The van der Waals surface area contributed by atoms with E-state index in [4.69, 9.17) is 5.11 Å². The predicted molar refractivity (Wildman–Crippen MR) is 52.4 cm³/mol. The quantitative estimate of drug-likeness (QED) is 0.500. The number of carbonyl (C=O) groups is 1. The van der Waals surface area contributed by atoms with E-state index in [1.807, 2.05) is 6.92 Å². The Kier molecular flexibility index (Phi) is 3.12. The van der Waals surface area contributed by atoms with Gasteiger partial charge < -0.3 is 5.11 Å². The number of Topliss-reactive ketones (excluding diaryl/α,β-unsaturated/α-hetero) is 1. The van der Waals surface area contributed by atoms with Gasteiger partial charge in [-0.15, -0.1) is 0 Å². The number of aliphatic hydroxyl groups is 1. The molecule has 0 radical (unpaired) electrons. The van der Waals surface area contributed by atoms with E-state index in [2.05, 4.69) is 13.8 Å². The molecule has 1 saturated carbocycles. The maximum atomic E-state index is 11.6. The average Bonchev–Trinajstić information content (AvgIpc) is 2.09. The molecular weight excluding hydrogens is 164 g/mol. The van der Waals surface area contributed by atoms with E-state index in [0.29, 0.717) is 11.5 Å². The number of hydrogen-bond acceptors (Lipinski definition) is 2. The minimum atomic E-state index is 0.0911. The van der Waals surface area contributed by atoms with Crippen molar-refractivity contribution in [1.29, 1.82) is 0 Å². The largest absolute Gasteiger partial charge is 0.515 e. The van der Waals surface area contributed by atoms with Crippen LogP contribution in [0.15, 0.2) is 11.8 Å². The Bertz CT molecular complexity index is 228. The molecule has 2 heteroatoms. The fourth-order valence-corrected chi connectivity index (χ4v) is 2.04. The van der Waals surface area contributed by atoms with Gasteiger partial charge in [0.15, 0.2) is 5.78 Å². The van der Waals surface area contributed by atoms with Crippen molar-refractivity contribution in [3.8, 4) is 0 Å². The van der Waals surface area contributed by atoms with E-state index in [9.17, 15) is 4.79 Å². The summed E-state index contributed by atoms with van der Waals surface area (Å²) in [5, 5.41) is 9.02. The van der Waals surface area contributed by atoms with Crippen molar-refractivity contribution in [2.45, 2.75) is 33.6 Å². The van der Waals surface area contributed by atoms with Gasteiger partial charge in [-0.1, -0.05) is 20.8 Å². The lowest BCUT2D eigenvalue weighted by atomic mass is 9.73. The zero-order chi connectivity index (χ0) is 10.0. The van der Waals surface area contributed by atoms with Gasteiger partial charge in [0.1, 0.15) is 0 Å². The summed E-state index contributed by atoms with van der Waals surface area (Å²) in [6, 6.07) is 0. The van der Waals surface area contributed by atoms with Gasteiger partial charge in [0.05, 0.1) is 6.26 Å². The lowest BCUT2D eigenvalue weighted by Gasteiger charge is -2.30. The second kappa shape index (κ2) is 3.95. The SMILES string of the molecule is CC(C)[C@@H]1CC[C@@H](C)C(=O)/C1=C\O. The zero-order valence-electron chi connectivity index (χ0n) is 8.58. The number of carbonyl (C=O) groups excluding carboxylic acids is 1. The first-order valence-electron chi connectivity index (χ1n) is 4.96. The summed E-state index contributed by atoms with van der Waals surface area (Å²) in [6.07, 6.45) is 3.00. The van der Waals surface area contributed by atoms with Crippen LogP contribution in [0.4, 0.5) is 0 Å². The highest BCUT2D eigenvalue weighted by Crippen LogP contribution is 2.34. The summed E-state index contributed by atoms with van der Waals surface area (Å²) in [4.78, 5) is 11.6.